The number of benzene rings is 1. The van der Waals surface area contributed by atoms with Gasteiger partial charge in [-0.2, -0.15) is 0 Å². The molecule has 2 N–H and O–H groups in total. The van der Waals surface area contributed by atoms with Crippen LogP contribution in [0.1, 0.15) is 36.2 Å². The normalized spacial score (nSPS) is 13.2. The van der Waals surface area contributed by atoms with E-state index in [0.717, 1.165) is 16.8 Å². The van der Waals surface area contributed by atoms with Crippen molar-refractivity contribution in [1.82, 2.24) is 10.3 Å². The first-order valence-corrected chi connectivity index (χ1v) is 7.46. The molecule has 0 fully saturated rings. The molecule has 1 unspecified atom stereocenters. The molecule has 0 radical (unpaired) electrons. The molecular formula is C18H20N2O3. The van der Waals surface area contributed by atoms with Crippen LogP contribution in [0.25, 0.3) is 11.3 Å². The topological polar surface area (TPSA) is 79.3 Å². The van der Waals surface area contributed by atoms with Crippen molar-refractivity contribution in [2.45, 2.75) is 32.7 Å². The molecule has 1 atom stereocenters. The maximum Gasteiger partial charge on any atom is 0.329 e. The van der Waals surface area contributed by atoms with Crippen LogP contribution in [0.5, 0.6) is 0 Å². The molecule has 0 saturated carbocycles. The van der Waals surface area contributed by atoms with Gasteiger partial charge in [0.15, 0.2) is 0 Å². The Kier molecular flexibility index (Phi) is 4.79. The SMILES string of the molecule is CCC(C)(NC(=O)c1cccc(-c2ccccn2)c1C)C(=O)O. The second-order valence-electron chi connectivity index (χ2n) is 5.64. The molecule has 0 aliphatic heterocycles. The van der Waals surface area contributed by atoms with E-state index in [1.165, 1.54) is 6.92 Å². The summed E-state index contributed by atoms with van der Waals surface area (Å²) < 4.78 is 0. The number of pyridine rings is 1. The Hall–Kier alpha value is -2.69. The zero-order valence-corrected chi connectivity index (χ0v) is 13.5. The lowest BCUT2D eigenvalue weighted by Gasteiger charge is -2.25. The highest BCUT2D eigenvalue weighted by Gasteiger charge is 2.33. The first-order chi connectivity index (χ1) is 10.9. The van der Waals surface area contributed by atoms with Crippen LogP contribution in [0.2, 0.25) is 0 Å². The van der Waals surface area contributed by atoms with Crippen LogP contribution in [0, 0.1) is 6.92 Å². The minimum Gasteiger partial charge on any atom is -0.480 e. The third kappa shape index (κ3) is 3.39. The van der Waals surface area contributed by atoms with Crippen molar-refractivity contribution >= 4 is 11.9 Å². The minimum atomic E-state index is -1.29. The van der Waals surface area contributed by atoms with Crippen LogP contribution in [0.3, 0.4) is 0 Å². The lowest BCUT2D eigenvalue weighted by Crippen LogP contribution is -2.51. The zero-order chi connectivity index (χ0) is 17.0. The van der Waals surface area contributed by atoms with Crippen molar-refractivity contribution in [2.75, 3.05) is 0 Å². The van der Waals surface area contributed by atoms with Crippen molar-refractivity contribution < 1.29 is 14.7 Å². The highest BCUT2D eigenvalue weighted by atomic mass is 16.4. The highest BCUT2D eigenvalue weighted by molar-refractivity contribution is 6.00. The molecule has 5 heteroatoms. The van der Waals surface area contributed by atoms with Crippen LogP contribution in [0.4, 0.5) is 0 Å². The molecule has 0 bridgehead atoms. The number of hydrogen-bond acceptors (Lipinski definition) is 3. The van der Waals surface area contributed by atoms with Crippen LogP contribution in [-0.4, -0.2) is 27.5 Å². The Morgan fingerprint density at radius 3 is 2.52 bits per heavy atom. The molecule has 23 heavy (non-hydrogen) atoms. The predicted octanol–water partition coefficient (Wildman–Crippen LogP) is 3.04. The van der Waals surface area contributed by atoms with Gasteiger partial charge < -0.3 is 10.4 Å². The average Bonchev–Trinajstić information content (AvgIpc) is 2.55. The molecule has 1 aromatic carbocycles. The van der Waals surface area contributed by atoms with E-state index in [2.05, 4.69) is 10.3 Å². The Balaban J connectivity index is 2.38. The van der Waals surface area contributed by atoms with Gasteiger partial charge in [0.05, 0.1) is 5.69 Å². The molecule has 0 aliphatic rings. The van der Waals surface area contributed by atoms with E-state index >= 15 is 0 Å². The average molecular weight is 312 g/mol. The summed E-state index contributed by atoms with van der Waals surface area (Å²) in [6, 6.07) is 10.9. The molecule has 1 aromatic heterocycles. The lowest BCUT2D eigenvalue weighted by molar-refractivity contribution is -0.143. The van der Waals surface area contributed by atoms with Gasteiger partial charge >= 0.3 is 5.97 Å². The lowest BCUT2D eigenvalue weighted by atomic mass is 9.95. The summed E-state index contributed by atoms with van der Waals surface area (Å²) in [7, 11) is 0. The van der Waals surface area contributed by atoms with E-state index in [9.17, 15) is 14.7 Å². The summed E-state index contributed by atoms with van der Waals surface area (Å²) in [5.41, 5.74) is 1.56. The van der Waals surface area contributed by atoms with Crippen molar-refractivity contribution in [2.24, 2.45) is 0 Å². The Labute approximate surface area is 135 Å². The third-order valence-corrected chi connectivity index (χ3v) is 4.09. The number of nitrogens with zero attached hydrogens (tertiary/aromatic N) is 1. The van der Waals surface area contributed by atoms with Gasteiger partial charge in [0.25, 0.3) is 5.91 Å². The second kappa shape index (κ2) is 6.60. The summed E-state index contributed by atoms with van der Waals surface area (Å²) in [5, 5.41) is 11.9. The quantitative estimate of drug-likeness (QED) is 0.889. The monoisotopic (exact) mass is 312 g/mol. The van der Waals surface area contributed by atoms with E-state index in [1.807, 2.05) is 31.2 Å². The van der Waals surface area contributed by atoms with Gasteiger partial charge in [-0.25, -0.2) is 4.79 Å². The molecular weight excluding hydrogens is 292 g/mol. The molecule has 2 aromatic rings. The maximum absolute atomic E-state index is 12.5. The van der Waals surface area contributed by atoms with E-state index < -0.39 is 17.4 Å². The molecule has 0 saturated heterocycles. The van der Waals surface area contributed by atoms with Crippen molar-refractivity contribution in [1.29, 1.82) is 0 Å². The number of amides is 1. The minimum absolute atomic E-state index is 0.299. The number of aliphatic carboxylic acids is 1. The Bertz CT molecular complexity index is 728. The molecule has 2 rings (SSSR count). The summed E-state index contributed by atoms with van der Waals surface area (Å²) >= 11 is 0. The van der Waals surface area contributed by atoms with Gasteiger partial charge in [-0.1, -0.05) is 25.1 Å². The van der Waals surface area contributed by atoms with E-state index in [-0.39, 0.29) is 0 Å². The molecule has 0 aliphatic carbocycles. The predicted molar refractivity (Wildman–Crippen MR) is 88.2 cm³/mol. The van der Waals surface area contributed by atoms with Gasteiger partial charge in [0.2, 0.25) is 0 Å². The zero-order valence-electron chi connectivity index (χ0n) is 13.5. The largest absolute Gasteiger partial charge is 0.480 e. The van der Waals surface area contributed by atoms with Crippen LogP contribution in [0.15, 0.2) is 42.6 Å². The Morgan fingerprint density at radius 2 is 1.96 bits per heavy atom. The number of carboxylic acid groups (broad SMARTS) is 1. The van der Waals surface area contributed by atoms with Gasteiger partial charge in [0, 0.05) is 17.3 Å². The number of rotatable bonds is 5. The van der Waals surface area contributed by atoms with E-state index in [0.29, 0.717) is 12.0 Å². The highest BCUT2D eigenvalue weighted by Crippen LogP contribution is 2.24. The fraction of sp³-hybridized carbons (Fsp3) is 0.278. The summed E-state index contributed by atoms with van der Waals surface area (Å²) in [6.07, 6.45) is 1.99. The summed E-state index contributed by atoms with van der Waals surface area (Å²) in [5.74, 6) is -1.45. The molecule has 120 valence electrons. The Morgan fingerprint density at radius 1 is 1.22 bits per heavy atom. The maximum atomic E-state index is 12.5. The van der Waals surface area contributed by atoms with Gasteiger partial charge in [-0.15, -0.1) is 0 Å². The van der Waals surface area contributed by atoms with Crippen LogP contribution >= 0.6 is 0 Å². The van der Waals surface area contributed by atoms with Gasteiger partial charge in [0.1, 0.15) is 5.54 Å². The molecule has 1 amide bonds. The molecule has 5 nitrogen and oxygen atoms in total. The van der Waals surface area contributed by atoms with Gasteiger partial charge in [-0.05, 0) is 44.0 Å². The van der Waals surface area contributed by atoms with Crippen LogP contribution in [-0.2, 0) is 4.79 Å². The molecule has 1 heterocycles. The summed E-state index contributed by atoms with van der Waals surface area (Å²) in [6.45, 7) is 5.07. The number of hydrogen-bond donors (Lipinski definition) is 2. The number of carboxylic acids is 1. The number of aromatic nitrogens is 1. The smallest absolute Gasteiger partial charge is 0.329 e. The standard InChI is InChI=1S/C18H20N2O3/c1-4-18(3,17(22)23)20-16(21)14-9-7-8-13(12(14)2)15-10-5-6-11-19-15/h5-11H,4H2,1-3H3,(H,20,21)(H,22,23). The fourth-order valence-corrected chi connectivity index (χ4v) is 2.29. The number of carbonyl (C=O) groups excluding carboxylic acids is 1. The number of carbonyl (C=O) groups is 2. The number of nitrogens with one attached hydrogen (secondary N) is 1. The van der Waals surface area contributed by atoms with E-state index in [1.54, 1.807) is 25.3 Å². The summed E-state index contributed by atoms with van der Waals surface area (Å²) in [4.78, 5) is 28.2. The first-order valence-electron chi connectivity index (χ1n) is 7.46. The van der Waals surface area contributed by atoms with Crippen molar-refractivity contribution in [3.05, 3.63) is 53.7 Å². The van der Waals surface area contributed by atoms with Crippen molar-refractivity contribution in [3.63, 3.8) is 0 Å². The van der Waals surface area contributed by atoms with Crippen LogP contribution < -0.4 is 5.32 Å². The molecule has 0 spiro atoms. The third-order valence-electron chi connectivity index (χ3n) is 4.09. The van der Waals surface area contributed by atoms with Gasteiger partial charge in [-0.3, -0.25) is 9.78 Å². The van der Waals surface area contributed by atoms with Crippen molar-refractivity contribution in [3.8, 4) is 11.3 Å². The second-order valence-corrected chi connectivity index (χ2v) is 5.64. The fourth-order valence-electron chi connectivity index (χ4n) is 2.29. The first kappa shape index (κ1) is 16.7. The van der Waals surface area contributed by atoms with E-state index in [4.69, 9.17) is 0 Å².